The number of amides is 1. The molecule has 0 aromatic heterocycles. The van der Waals surface area contributed by atoms with Crippen molar-refractivity contribution in [2.75, 3.05) is 12.0 Å². The third-order valence-corrected chi connectivity index (χ3v) is 10.2. The van der Waals surface area contributed by atoms with Crippen molar-refractivity contribution in [3.63, 3.8) is 0 Å². The van der Waals surface area contributed by atoms with E-state index >= 15 is 0 Å². The van der Waals surface area contributed by atoms with Crippen molar-refractivity contribution >= 4 is 19.9 Å². The van der Waals surface area contributed by atoms with Crippen LogP contribution in [0, 0.1) is 11.3 Å². The van der Waals surface area contributed by atoms with Crippen LogP contribution >= 0.6 is 0 Å². The summed E-state index contributed by atoms with van der Waals surface area (Å²) in [5.41, 5.74) is 1.23. The minimum Gasteiger partial charge on any atom is -0.495 e. The smallest absolute Gasteiger partial charge is 0.229 e. The van der Waals surface area contributed by atoms with Gasteiger partial charge >= 0.3 is 0 Å². The summed E-state index contributed by atoms with van der Waals surface area (Å²) >= 11 is 0. The van der Waals surface area contributed by atoms with Crippen LogP contribution in [0.15, 0.2) is 18.2 Å². The second kappa shape index (κ2) is 7.41. The molecule has 0 spiro atoms. The van der Waals surface area contributed by atoms with Gasteiger partial charge in [0.1, 0.15) is 11.8 Å². The molecule has 1 aromatic rings. The molecular weight excluding hydrogens is 344 g/mol. The van der Waals surface area contributed by atoms with Gasteiger partial charge in [0.15, 0.2) is 8.32 Å². The molecule has 0 bridgehead atoms. The number of hydrogen-bond acceptors (Lipinski definition) is 4. The lowest BCUT2D eigenvalue weighted by Gasteiger charge is -2.40. The molecule has 0 aliphatic carbocycles. The number of carbonyl (C=O) groups is 1. The van der Waals surface area contributed by atoms with E-state index in [4.69, 9.17) is 9.16 Å². The molecule has 2 unspecified atom stereocenters. The number of hydrogen-bond donors (Lipinski definition) is 0. The molecule has 0 radical (unpaired) electrons. The number of rotatable bonds is 5. The molecule has 1 heterocycles. The Morgan fingerprint density at radius 3 is 2.50 bits per heavy atom. The van der Waals surface area contributed by atoms with Gasteiger partial charge in [0.05, 0.1) is 31.2 Å². The van der Waals surface area contributed by atoms with Gasteiger partial charge in [-0.15, -0.1) is 0 Å². The first kappa shape index (κ1) is 20.5. The largest absolute Gasteiger partial charge is 0.495 e. The monoisotopic (exact) mass is 374 g/mol. The van der Waals surface area contributed by atoms with Crippen LogP contribution in [0.3, 0.4) is 0 Å². The first-order valence-corrected chi connectivity index (χ1v) is 12.0. The van der Waals surface area contributed by atoms with Gasteiger partial charge in [-0.2, -0.15) is 5.26 Å². The summed E-state index contributed by atoms with van der Waals surface area (Å²) in [4.78, 5) is 14.6. The average Bonchev–Trinajstić information content (AvgIpc) is 2.87. The SMILES string of the molecule is CCC1C(O[Si](C)(C)C(C)(C)C)CC(=O)N1c1ccc(C#N)c(OC)c1. The van der Waals surface area contributed by atoms with Crippen molar-refractivity contribution in [1.82, 2.24) is 0 Å². The first-order valence-electron chi connectivity index (χ1n) is 9.13. The number of ether oxygens (including phenoxy) is 1. The van der Waals surface area contributed by atoms with E-state index in [9.17, 15) is 10.1 Å². The van der Waals surface area contributed by atoms with Crippen molar-refractivity contribution < 1.29 is 14.0 Å². The van der Waals surface area contributed by atoms with Crippen LogP contribution in [0.25, 0.3) is 0 Å². The minimum absolute atomic E-state index is 0.00531. The van der Waals surface area contributed by atoms with E-state index in [1.165, 1.54) is 7.11 Å². The molecule has 1 aromatic carbocycles. The quantitative estimate of drug-likeness (QED) is 0.713. The zero-order chi connectivity index (χ0) is 19.7. The van der Waals surface area contributed by atoms with E-state index in [2.05, 4.69) is 46.9 Å². The summed E-state index contributed by atoms with van der Waals surface area (Å²) in [6.45, 7) is 13.1. The number of nitriles is 1. The van der Waals surface area contributed by atoms with Gasteiger partial charge in [-0.25, -0.2) is 0 Å². The van der Waals surface area contributed by atoms with Gasteiger partial charge in [-0.1, -0.05) is 27.7 Å². The van der Waals surface area contributed by atoms with Crippen LogP contribution < -0.4 is 9.64 Å². The Kier molecular flexibility index (Phi) is 5.84. The molecule has 26 heavy (non-hydrogen) atoms. The maximum Gasteiger partial charge on any atom is 0.229 e. The summed E-state index contributed by atoms with van der Waals surface area (Å²) in [6.07, 6.45) is 1.11. The standard InChI is InChI=1S/C20H30N2O3Si/c1-8-16-18(25-26(6,7)20(2,3)4)12-19(23)22(16)15-10-9-14(13-21)17(11-15)24-5/h9-11,16,18H,8,12H2,1-7H3. The highest BCUT2D eigenvalue weighted by Crippen LogP contribution is 2.41. The Hall–Kier alpha value is -1.84. The van der Waals surface area contributed by atoms with Gasteiger partial charge in [-0.05, 0) is 36.7 Å². The molecule has 5 nitrogen and oxygen atoms in total. The molecule has 1 amide bonds. The van der Waals surface area contributed by atoms with Gasteiger partial charge < -0.3 is 14.1 Å². The number of carbonyl (C=O) groups excluding carboxylic acids is 1. The van der Waals surface area contributed by atoms with E-state index in [-0.39, 0.29) is 23.1 Å². The molecule has 1 saturated heterocycles. The van der Waals surface area contributed by atoms with Gasteiger partial charge in [0.25, 0.3) is 0 Å². The maximum absolute atomic E-state index is 12.8. The Morgan fingerprint density at radius 1 is 1.35 bits per heavy atom. The Balaban J connectivity index is 2.34. The van der Waals surface area contributed by atoms with Crippen LogP contribution in [0.5, 0.6) is 5.75 Å². The van der Waals surface area contributed by atoms with Gasteiger partial charge in [0, 0.05) is 11.8 Å². The second-order valence-corrected chi connectivity index (χ2v) is 13.1. The number of anilines is 1. The molecule has 6 heteroatoms. The molecule has 1 fully saturated rings. The van der Waals surface area contributed by atoms with Crippen molar-refractivity contribution in [1.29, 1.82) is 5.26 Å². The van der Waals surface area contributed by atoms with Crippen LogP contribution in [-0.4, -0.2) is 33.5 Å². The summed E-state index contributed by atoms with van der Waals surface area (Å²) in [6, 6.07) is 7.40. The minimum atomic E-state index is -1.97. The molecule has 0 N–H and O–H groups in total. The van der Waals surface area contributed by atoms with Gasteiger partial charge in [0.2, 0.25) is 5.91 Å². The molecule has 1 aliphatic heterocycles. The zero-order valence-corrected chi connectivity index (χ0v) is 17.9. The van der Waals surface area contributed by atoms with Crippen molar-refractivity contribution in [3.05, 3.63) is 23.8 Å². The molecule has 2 rings (SSSR count). The predicted octanol–water partition coefficient (Wildman–Crippen LogP) is 4.47. The lowest BCUT2D eigenvalue weighted by atomic mass is 10.1. The summed E-state index contributed by atoms with van der Waals surface area (Å²) in [5.74, 6) is 0.550. The summed E-state index contributed by atoms with van der Waals surface area (Å²) < 4.78 is 11.9. The normalized spacial score (nSPS) is 21.0. The molecular formula is C20H30N2O3Si. The number of nitrogens with zero attached hydrogens (tertiary/aromatic N) is 2. The Bertz CT molecular complexity index is 719. The fraction of sp³-hybridized carbons (Fsp3) is 0.600. The van der Waals surface area contributed by atoms with Crippen LogP contribution in [-0.2, 0) is 9.22 Å². The van der Waals surface area contributed by atoms with Crippen LogP contribution in [0.1, 0.15) is 46.1 Å². The third kappa shape index (κ3) is 3.79. The summed E-state index contributed by atoms with van der Waals surface area (Å²) in [5, 5.41) is 9.27. The van der Waals surface area contributed by atoms with Crippen LogP contribution in [0.4, 0.5) is 5.69 Å². The topological polar surface area (TPSA) is 62.6 Å². The fourth-order valence-corrected chi connectivity index (χ4v) is 4.49. The highest BCUT2D eigenvalue weighted by molar-refractivity contribution is 6.74. The predicted molar refractivity (Wildman–Crippen MR) is 106 cm³/mol. The van der Waals surface area contributed by atoms with E-state index in [1.807, 2.05) is 11.0 Å². The van der Waals surface area contributed by atoms with Crippen LogP contribution in [0.2, 0.25) is 18.1 Å². The fourth-order valence-electron chi connectivity index (χ4n) is 3.14. The summed E-state index contributed by atoms with van der Waals surface area (Å²) in [7, 11) is -0.433. The number of methoxy groups -OCH3 is 1. The van der Waals surface area contributed by atoms with E-state index in [1.54, 1.807) is 12.1 Å². The second-order valence-electron chi connectivity index (χ2n) is 8.36. The first-order chi connectivity index (χ1) is 12.1. The third-order valence-electron chi connectivity index (χ3n) is 5.66. The van der Waals surface area contributed by atoms with E-state index in [0.717, 1.165) is 12.1 Å². The lowest BCUT2D eigenvalue weighted by molar-refractivity contribution is -0.117. The van der Waals surface area contributed by atoms with Crippen molar-refractivity contribution in [2.45, 2.75) is 70.8 Å². The molecule has 142 valence electrons. The average molecular weight is 375 g/mol. The maximum atomic E-state index is 12.8. The van der Waals surface area contributed by atoms with Crippen molar-refractivity contribution in [3.8, 4) is 11.8 Å². The van der Waals surface area contributed by atoms with Gasteiger partial charge in [-0.3, -0.25) is 4.79 Å². The van der Waals surface area contributed by atoms with Crippen molar-refractivity contribution in [2.24, 2.45) is 0 Å². The highest BCUT2D eigenvalue weighted by Gasteiger charge is 2.46. The number of benzene rings is 1. The van der Waals surface area contributed by atoms with E-state index < -0.39 is 8.32 Å². The highest BCUT2D eigenvalue weighted by atomic mass is 28.4. The molecule has 0 saturated carbocycles. The Labute approximate surface area is 158 Å². The zero-order valence-electron chi connectivity index (χ0n) is 16.9. The molecule has 1 aliphatic rings. The Morgan fingerprint density at radius 2 is 2.00 bits per heavy atom. The van der Waals surface area contributed by atoms with E-state index in [0.29, 0.717) is 17.7 Å². The lowest BCUT2D eigenvalue weighted by Crippen LogP contribution is -2.47. The molecule has 2 atom stereocenters.